The average Bonchev–Trinajstić information content (AvgIpc) is 2.29. The van der Waals surface area contributed by atoms with Crippen molar-refractivity contribution in [3.05, 3.63) is 0 Å². The maximum Gasteiger partial charge on any atom is 0.208 e. The maximum atomic E-state index is 11.0. The lowest BCUT2D eigenvalue weighted by Gasteiger charge is -2.62. The zero-order chi connectivity index (χ0) is 15.6. The van der Waals surface area contributed by atoms with Gasteiger partial charge in [0.1, 0.15) is 0 Å². The summed E-state index contributed by atoms with van der Waals surface area (Å²) < 4.78 is 24.5. The van der Waals surface area contributed by atoms with Crippen molar-refractivity contribution in [2.45, 2.75) is 40.2 Å². The van der Waals surface area contributed by atoms with E-state index in [4.69, 9.17) is 0 Å². The number of rotatable bonds is 5. The van der Waals surface area contributed by atoms with Gasteiger partial charge >= 0.3 is 0 Å². The quantitative estimate of drug-likeness (QED) is 0.297. The van der Waals surface area contributed by atoms with Crippen LogP contribution in [0.1, 0.15) is 34.6 Å². The van der Waals surface area contributed by atoms with Crippen LogP contribution in [0.5, 0.6) is 0 Å². The van der Waals surface area contributed by atoms with E-state index in [1.54, 1.807) is 0 Å². The minimum atomic E-state index is -3.14. The van der Waals surface area contributed by atoms with Crippen molar-refractivity contribution in [3.63, 3.8) is 0 Å². The SMILES string of the molecule is CCNC(=NCCNS(C)(=O)=O)N1CC(C)(C)C1(C)C.I. The average molecular weight is 432 g/mol. The number of aliphatic imine (C=N–C) groups is 1. The van der Waals surface area contributed by atoms with E-state index < -0.39 is 10.0 Å². The topological polar surface area (TPSA) is 73.8 Å². The molecule has 1 aliphatic rings. The van der Waals surface area contributed by atoms with Crippen LogP contribution in [0, 0.1) is 5.41 Å². The largest absolute Gasteiger partial charge is 0.356 e. The van der Waals surface area contributed by atoms with E-state index in [9.17, 15) is 8.42 Å². The van der Waals surface area contributed by atoms with Crippen molar-refractivity contribution in [1.29, 1.82) is 0 Å². The van der Waals surface area contributed by atoms with Gasteiger partial charge in [-0.05, 0) is 20.8 Å². The van der Waals surface area contributed by atoms with Crippen LogP contribution >= 0.6 is 24.0 Å². The second kappa shape index (κ2) is 7.45. The second-order valence-corrected chi connectivity index (χ2v) is 8.26. The molecule has 0 aromatic rings. The first-order valence-electron chi connectivity index (χ1n) is 7.02. The van der Waals surface area contributed by atoms with Crippen LogP contribution in [0.2, 0.25) is 0 Å². The number of hydrogen-bond donors (Lipinski definition) is 2. The number of sulfonamides is 1. The molecule has 0 aromatic carbocycles. The molecule has 1 fully saturated rings. The molecule has 21 heavy (non-hydrogen) atoms. The molecule has 0 aliphatic carbocycles. The standard InChI is InChI=1S/C13H28N4O2S.HI/c1-7-14-11(15-8-9-16-20(6,18)19)17-10-12(2,3)13(17,4)5;/h16H,7-10H2,1-6H3,(H,14,15);1H. The number of guanidine groups is 1. The van der Waals surface area contributed by atoms with E-state index in [-0.39, 0.29) is 34.9 Å². The Bertz CT molecular complexity index is 475. The van der Waals surface area contributed by atoms with Gasteiger partial charge in [0.25, 0.3) is 0 Å². The molecular formula is C13H29IN4O2S. The third kappa shape index (κ3) is 5.24. The van der Waals surface area contributed by atoms with Crippen molar-refractivity contribution < 1.29 is 8.42 Å². The van der Waals surface area contributed by atoms with Gasteiger partial charge in [-0.2, -0.15) is 0 Å². The molecule has 2 N–H and O–H groups in total. The number of halogens is 1. The first-order valence-corrected chi connectivity index (χ1v) is 8.91. The third-order valence-electron chi connectivity index (χ3n) is 4.21. The Morgan fingerprint density at radius 2 is 1.86 bits per heavy atom. The molecule has 1 aliphatic heterocycles. The lowest BCUT2D eigenvalue weighted by molar-refractivity contribution is -0.0667. The molecule has 8 heteroatoms. The molecule has 1 heterocycles. The van der Waals surface area contributed by atoms with Gasteiger partial charge in [-0.25, -0.2) is 13.1 Å². The predicted molar refractivity (Wildman–Crippen MR) is 98.8 cm³/mol. The van der Waals surface area contributed by atoms with Crippen molar-refractivity contribution >= 4 is 40.0 Å². The van der Waals surface area contributed by atoms with Crippen LogP contribution in [0.4, 0.5) is 0 Å². The molecule has 1 rings (SSSR count). The van der Waals surface area contributed by atoms with Gasteiger partial charge in [0.2, 0.25) is 10.0 Å². The Kier molecular flexibility index (Phi) is 7.42. The fraction of sp³-hybridized carbons (Fsp3) is 0.923. The van der Waals surface area contributed by atoms with Crippen LogP contribution in [-0.4, -0.2) is 57.3 Å². The highest BCUT2D eigenvalue weighted by molar-refractivity contribution is 14.0. The molecule has 0 aromatic heterocycles. The smallest absolute Gasteiger partial charge is 0.208 e. The zero-order valence-electron chi connectivity index (χ0n) is 13.9. The van der Waals surface area contributed by atoms with Gasteiger partial charge in [0.05, 0.1) is 12.8 Å². The fourth-order valence-corrected chi connectivity index (χ4v) is 2.65. The van der Waals surface area contributed by atoms with Gasteiger partial charge in [-0.3, -0.25) is 4.99 Å². The summed E-state index contributed by atoms with van der Waals surface area (Å²) in [5.41, 5.74) is 0.284. The van der Waals surface area contributed by atoms with E-state index in [2.05, 4.69) is 47.6 Å². The minimum absolute atomic E-state index is 0. The molecule has 0 radical (unpaired) electrons. The predicted octanol–water partition coefficient (Wildman–Crippen LogP) is 1.24. The number of likely N-dealkylation sites (tertiary alicyclic amines) is 1. The lowest BCUT2D eigenvalue weighted by Crippen LogP contribution is -2.72. The first kappa shape index (κ1) is 20.9. The van der Waals surface area contributed by atoms with Gasteiger partial charge in [-0.15, -0.1) is 24.0 Å². The molecule has 0 spiro atoms. The van der Waals surface area contributed by atoms with E-state index in [1.165, 1.54) is 0 Å². The maximum absolute atomic E-state index is 11.0. The van der Waals surface area contributed by atoms with E-state index in [0.29, 0.717) is 13.1 Å². The van der Waals surface area contributed by atoms with E-state index >= 15 is 0 Å². The van der Waals surface area contributed by atoms with E-state index in [1.807, 2.05) is 6.92 Å². The summed E-state index contributed by atoms with van der Waals surface area (Å²) >= 11 is 0. The van der Waals surface area contributed by atoms with Gasteiger partial charge in [0, 0.05) is 30.6 Å². The molecule has 0 saturated carbocycles. The summed E-state index contributed by atoms with van der Waals surface area (Å²) in [6.45, 7) is 13.4. The Morgan fingerprint density at radius 3 is 2.24 bits per heavy atom. The van der Waals surface area contributed by atoms with Crippen molar-refractivity contribution in [2.24, 2.45) is 10.4 Å². The summed E-state index contributed by atoms with van der Waals surface area (Å²) in [6.07, 6.45) is 1.16. The van der Waals surface area contributed by atoms with Crippen molar-refractivity contribution in [2.75, 3.05) is 32.4 Å². The molecule has 0 amide bonds. The normalized spacial score (nSPS) is 20.5. The van der Waals surface area contributed by atoms with Crippen LogP contribution in [0.25, 0.3) is 0 Å². The summed E-state index contributed by atoms with van der Waals surface area (Å²) in [4.78, 5) is 6.75. The highest BCUT2D eigenvalue weighted by Crippen LogP contribution is 2.46. The summed E-state index contributed by atoms with van der Waals surface area (Å²) in [5.74, 6) is 0.854. The Morgan fingerprint density at radius 1 is 1.29 bits per heavy atom. The fourth-order valence-electron chi connectivity index (χ4n) is 2.19. The van der Waals surface area contributed by atoms with Gasteiger partial charge < -0.3 is 10.2 Å². The van der Waals surface area contributed by atoms with Crippen molar-refractivity contribution in [3.8, 4) is 0 Å². The summed E-state index contributed by atoms with van der Waals surface area (Å²) in [7, 11) is -3.14. The molecular weight excluding hydrogens is 403 g/mol. The van der Waals surface area contributed by atoms with Gasteiger partial charge in [0.15, 0.2) is 5.96 Å². The highest BCUT2D eigenvalue weighted by atomic mass is 127. The molecule has 6 nitrogen and oxygen atoms in total. The summed E-state index contributed by atoms with van der Waals surface area (Å²) in [5, 5.41) is 3.27. The van der Waals surface area contributed by atoms with E-state index in [0.717, 1.165) is 25.3 Å². The summed E-state index contributed by atoms with van der Waals surface area (Å²) in [6, 6.07) is 0. The molecule has 0 atom stereocenters. The number of nitrogens with one attached hydrogen (secondary N) is 2. The van der Waals surface area contributed by atoms with Crippen LogP contribution in [0.3, 0.4) is 0 Å². The van der Waals surface area contributed by atoms with Gasteiger partial charge in [-0.1, -0.05) is 13.8 Å². The highest BCUT2D eigenvalue weighted by Gasteiger charge is 2.53. The van der Waals surface area contributed by atoms with Crippen LogP contribution < -0.4 is 10.0 Å². The minimum Gasteiger partial charge on any atom is -0.356 e. The molecule has 0 unspecified atom stereocenters. The Balaban J connectivity index is 0.00000400. The van der Waals surface area contributed by atoms with Crippen LogP contribution in [0.15, 0.2) is 4.99 Å². The van der Waals surface area contributed by atoms with Crippen molar-refractivity contribution in [1.82, 2.24) is 14.9 Å². The molecule has 0 bridgehead atoms. The molecule has 1 saturated heterocycles. The number of nitrogens with zero attached hydrogens (tertiary/aromatic N) is 2. The van der Waals surface area contributed by atoms with Crippen LogP contribution in [-0.2, 0) is 10.0 Å². The third-order valence-corrected chi connectivity index (χ3v) is 4.94. The Labute approximate surface area is 146 Å². The monoisotopic (exact) mass is 432 g/mol. The zero-order valence-corrected chi connectivity index (χ0v) is 17.0. The Hall–Kier alpha value is -0.0900. The number of hydrogen-bond acceptors (Lipinski definition) is 3. The first-order chi connectivity index (χ1) is 9.01. The second-order valence-electron chi connectivity index (χ2n) is 6.43. The lowest BCUT2D eigenvalue weighted by atomic mass is 9.65. The molecule has 126 valence electrons.